The van der Waals surface area contributed by atoms with Crippen molar-refractivity contribution in [1.82, 2.24) is 0 Å². The molecular formula is C12H13ClOS. The first-order valence-corrected chi connectivity index (χ1v) is 5.01. The summed E-state index contributed by atoms with van der Waals surface area (Å²) in [4.78, 5) is 0. The molecule has 0 saturated heterocycles. The SMILES string of the molecule is C=C/C(=C\C(C=C)=C(/C)C=C)OC(=S)Cl. The van der Waals surface area contributed by atoms with Gasteiger partial charge in [0.05, 0.1) is 0 Å². The van der Waals surface area contributed by atoms with Crippen LogP contribution in [0.4, 0.5) is 0 Å². The molecule has 0 aromatic heterocycles. The fraction of sp³-hybridized carbons (Fsp3) is 0.0833. The first kappa shape index (κ1) is 13.9. The molecule has 0 spiro atoms. The third kappa shape index (κ3) is 5.35. The van der Waals surface area contributed by atoms with E-state index in [1.54, 1.807) is 18.2 Å². The van der Waals surface area contributed by atoms with E-state index in [1.165, 1.54) is 6.08 Å². The molecule has 0 aliphatic rings. The Morgan fingerprint density at radius 3 is 2.13 bits per heavy atom. The molecule has 15 heavy (non-hydrogen) atoms. The van der Waals surface area contributed by atoms with E-state index in [0.717, 1.165) is 11.1 Å². The Morgan fingerprint density at radius 1 is 1.20 bits per heavy atom. The molecule has 0 radical (unpaired) electrons. The predicted octanol–water partition coefficient (Wildman–Crippen LogP) is 4.29. The summed E-state index contributed by atoms with van der Waals surface area (Å²) in [7, 11) is 0. The van der Waals surface area contributed by atoms with Crippen molar-refractivity contribution in [3.63, 3.8) is 0 Å². The Bertz CT molecular complexity index is 351. The average molecular weight is 241 g/mol. The van der Waals surface area contributed by atoms with Gasteiger partial charge in [-0.1, -0.05) is 31.9 Å². The lowest BCUT2D eigenvalue weighted by molar-refractivity contribution is 0.456. The molecular weight excluding hydrogens is 228 g/mol. The summed E-state index contributed by atoms with van der Waals surface area (Å²) in [6.07, 6.45) is 6.69. The van der Waals surface area contributed by atoms with Gasteiger partial charge >= 0.3 is 0 Å². The molecule has 1 nitrogen and oxygen atoms in total. The van der Waals surface area contributed by atoms with Crippen molar-refractivity contribution in [2.75, 3.05) is 0 Å². The predicted molar refractivity (Wildman–Crippen MR) is 70.9 cm³/mol. The van der Waals surface area contributed by atoms with Gasteiger partial charge in [-0.2, -0.15) is 0 Å². The molecule has 0 aliphatic carbocycles. The van der Waals surface area contributed by atoms with Crippen molar-refractivity contribution in [3.05, 3.63) is 60.9 Å². The van der Waals surface area contributed by atoms with Gasteiger partial charge in [-0.25, -0.2) is 0 Å². The smallest absolute Gasteiger partial charge is 0.260 e. The number of rotatable bonds is 5. The highest BCUT2D eigenvalue weighted by molar-refractivity contribution is 7.82. The monoisotopic (exact) mass is 240 g/mol. The van der Waals surface area contributed by atoms with E-state index in [2.05, 4.69) is 32.0 Å². The number of ether oxygens (including phenoxy) is 1. The average Bonchev–Trinajstić information content (AvgIpc) is 2.22. The van der Waals surface area contributed by atoms with Crippen molar-refractivity contribution < 1.29 is 4.74 Å². The van der Waals surface area contributed by atoms with Crippen LogP contribution in [0.1, 0.15) is 6.92 Å². The molecule has 0 fully saturated rings. The zero-order valence-electron chi connectivity index (χ0n) is 8.63. The highest BCUT2D eigenvalue weighted by Crippen LogP contribution is 2.13. The molecule has 0 unspecified atom stereocenters. The summed E-state index contributed by atoms with van der Waals surface area (Å²) in [6.45, 7) is 12.9. The molecule has 0 rings (SSSR count). The fourth-order valence-electron chi connectivity index (χ4n) is 0.828. The Labute approximate surface area is 101 Å². The summed E-state index contributed by atoms with van der Waals surface area (Å²) >= 11 is 10.1. The first-order chi connectivity index (χ1) is 7.04. The van der Waals surface area contributed by atoms with Crippen LogP contribution in [0, 0.1) is 0 Å². The maximum Gasteiger partial charge on any atom is 0.260 e. The normalized spacial score (nSPS) is 12.5. The maximum absolute atomic E-state index is 5.45. The Morgan fingerprint density at radius 2 is 1.80 bits per heavy atom. The van der Waals surface area contributed by atoms with Gasteiger partial charge in [0.1, 0.15) is 5.76 Å². The molecule has 0 amide bonds. The van der Waals surface area contributed by atoms with Crippen LogP contribution in [0.2, 0.25) is 0 Å². The second-order valence-electron chi connectivity index (χ2n) is 2.64. The van der Waals surface area contributed by atoms with Crippen LogP contribution >= 0.6 is 23.8 Å². The topological polar surface area (TPSA) is 9.23 Å². The summed E-state index contributed by atoms with van der Waals surface area (Å²) in [5, 5.41) is 0. The molecule has 0 bridgehead atoms. The summed E-state index contributed by atoms with van der Waals surface area (Å²) in [5.74, 6) is 0.478. The van der Waals surface area contributed by atoms with E-state index < -0.39 is 0 Å². The van der Waals surface area contributed by atoms with E-state index in [-0.39, 0.29) is 4.51 Å². The quantitative estimate of drug-likeness (QED) is 0.307. The lowest BCUT2D eigenvalue weighted by Crippen LogP contribution is -1.92. The highest BCUT2D eigenvalue weighted by Gasteiger charge is 1.98. The molecule has 0 N–H and O–H groups in total. The van der Waals surface area contributed by atoms with Crippen molar-refractivity contribution in [1.29, 1.82) is 0 Å². The van der Waals surface area contributed by atoms with Crippen molar-refractivity contribution in [2.24, 2.45) is 0 Å². The van der Waals surface area contributed by atoms with Crippen molar-refractivity contribution in [3.8, 4) is 0 Å². The molecule has 0 aromatic rings. The van der Waals surface area contributed by atoms with E-state index >= 15 is 0 Å². The summed E-state index contributed by atoms with van der Waals surface area (Å²) < 4.78 is 4.98. The van der Waals surface area contributed by atoms with E-state index in [0.29, 0.717) is 5.76 Å². The van der Waals surface area contributed by atoms with Crippen LogP contribution in [-0.2, 0) is 4.74 Å². The molecule has 3 heteroatoms. The van der Waals surface area contributed by atoms with Gasteiger partial charge in [-0.05, 0) is 54.0 Å². The Hall–Kier alpha value is -1.12. The second kappa shape index (κ2) is 7.21. The maximum atomic E-state index is 5.45. The zero-order chi connectivity index (χ0) is 11.8. The van der Waals surface area contributed by atoms with Gasteiger partial charge < -0.3 is 4.74 Å². The van der Waals surface area contributed by atoms with Gasteiger partial charge in [-0.15, -0.1) is 0 Å². The van der Waals surface area contributed by atoms with Gasteiger partial charge in [0.25, 0.3) is 4.51 Å². The van der Waals surface area contributed by atoms with Crippen LogP contribution in [0.5, 0.6) is 0 Å². The lowest BCUT2D eigenvalue weighted by Gasteiger charge is -2.04. The Kier molecular flexibility index (Phi) is 6.67. The van der Waals surface area contributed by atoms with Gasteiger partial charge in [0.15, 0.2) is 0 Å². The minimum Gasteiger partial charge on any atom is -0.436 e. The van der Waals surface area contributed by atoms with Crippen molar-refractivity contribution in [2.45, 2.75) is 6.92 Å². The molecule has 0 aromatic carbocycles. The van der Waals surface area contributed by atoms with E-state index in [9.17, 15) is 0 Å². The van der Waals surface area contributed by atoms with Crippen LogP contribution in [0.3, 0.4) is 0 Å². The van der Waals surface area contributed by atoms with Gasteiger partial charge in [0, 0.05) is 0 Å². The van der Waals surface area contributed by atoms with Gasteiger partial charge in [-0.3, -0.25) is 0 Å². The highest BCUT2D eigenvalue weighted by atomic mass is 35.5. The summed E-state index contributed by atoms with van der Waals surface area (Å²) in [5.41, 5.74) is 1.86. The van der Waals surface area contributed by atoms with E-state index in [4.69, 9.17) is 16.3 Å². The second-order valence-corrected chi connectivity index (χ2v) is 3.58. The summed E-state index contributed by atoms with van der Waals surface area (Å²) in [6, 6.07) is 0. The van der Waals surface area contributed by atoms with Crippen molar-refractivity contribution >= 4 is 28.3 Å². The standard InChI is InChI=1S/C12H13ClOS/c1-5-9(4)10(6-2)8-11(7-3)14-12(13)15/h5-8H,1-3H2,4H3/b10-9+,11-8+. The Balaban J connectivity index is 5.11. The fourth-order valence-corrected chi connectivity index (χ4v) is 1.01. The third-order valence-corrected chi connectivity index (χ3v) is 1.84. The van der Waals surface area contributed by atoms with Crippen LogP contribution in [-0.4, -0.2) is 4.51 Å². The lowest BCUT2D eigenvalue weighted by atomic mass is 10.1. The minimum absolute atomic E-state index is 0.0687. The van der Waals surface area contributed by atoms with Gasteiger partial charge in [0.2, 0.25) is 0 Å². The van der Waals surface area contributed by atoms with Crippen LogP contribution < -0.4 is 0 Å². The minimum atomic E-state index is -0.0687. The molecule has 0 aliphatic heterocycles. The van der Waals surface area contributed by atoms with Crippen LogP contribution in [0.15, 0.2) is 60.9 Å². The first-order valence-electron chi connectivity index (χ1n) is 4.22. The number of hydrogen-bond acceptors (Lipinski definition) is 2. The van der Waals surface area contributed by atoms with E-state index in [1.807, 2.05) is 6.92 Å². The molecule has 0 saturated carbocycles. The number of allylic oxidation sites excluding steroid dienone is 6. The number of halogens is 1. The third-order valence-electron chi connectivity index (χ3n) is 1.68. The molecule has 80 valence electrons. The largest absolute Gasteiger partial charge is 0.436 e. The number of thiocarbonyl (C=S) groups is 1. The zero-order valence-corrected chi connectivity index (χ0v) is 10.2. The molecule has 0 atom stereocenters. The van der Waals surface area contributed by atoms with Crippen LogP contribution in [0.25, 0.3) is 0 Å². The molecule has 0 heterocycles. The number of hydrogen-bond donors (Lipinski definition) is 0.